The predicted octanol–water partition coefficient (Wildman–Crippen LogP) is 8.05. The van der Waals surface area contributed by atoms with Crippen LogP contribution in [0.25, 0.3) is 49.6 Å². The summed E-state index contributed by atoms with van der Waals surface area (Å²) >= 11 is 1.70. The molecule has 1 atom stereocenters. The molecular formula is C30H23N4OS+. The van der Waals surface area contributed by atoms with E-state index in [0.29, 0.717) is 4.48 Å². The molecule has 0 amide bonds. The number of thiophene rings is 1. The van der Waals surface area contributed by atoms with Gasteiger partial charge in [0.15, 0.2) is 5.70 Å². The van der Waals surface area contributed by atoms with E-state index in [-0.39, 0.29) is 0 Å². The Labute approximate surface area is 212 Å². The summed E-state index contributed by atoms with van der Waals surface area (Å²) < 4.78 is 6.27. The molecule has 0 bridgehead atoms. The number of nitrogens with one attached hydrogen (secondary N) is 2. The molecular weight excluding hydrogens is 464 g/mol. The van der Waals surface area contributed by atoms with E-state index in [9.17, 15) is 0 Å². The number of H-pyrrole nitrogens is 2. The molecule has 0 saturated heterocycles. The molecule has 1 aliphatic heterocycles. The molecule has 1 aliphatic rings. The summed E-state index contributed by atoms with van der Waals surface area (Å²) in [6, 6.07) is 23.0. The molecule has 6 aromatic rings. The Balaban J connectivity index is 1.34. The van der Waals surface area contributed by atoms with Crippen molar-refractivity contribution < 1.29 is 4.42 Å². The molecule has 0 aliphatic carbocycles. The first kappa shape index (κ1) is 20.9. The van der Waals surface area contributed by atoms with Crippen molar-refractivity contribution in [1.29, 1.82) is 0 Å². The van der Waals surface area contributed by atoms with E-state index in [1.165, 1.54) is 10.8 Å². The molecule has 0 fully saturated rings. The Kier molecular flexibility index (Phi) is 4.70. The van der Waals surface area contributed by atoms with Gasteiger partial charge in [0.1, 0.15) is 12.0 Å². The van der Waals surface area contributed by atoms with Crippen LogP contribution >= 0.6 is 11.3 Å². The zero-order valence-corrected chi connectivity index (χ0v) is 20.4. The van der Waals surface area contributed by atoms with E-state index in [1.807, 2.05) is 30.6 Å². The van der Waals surface area contributed by atoms with Crippen molar-refractivity contribution in [2.75, 3.05) is 7.05 Å². The van der Waals surface area contributed by atoms with Gasteiger partial charge in [-0.25, -0.2) is 4.48 Å². The van der Waals surface area contributed by atoms with Crippen LogP contribution < -0.4 is 4.48 Å². The van der Waals surface area contributed by atoms with Crippen LogP contribution in [-0.4, -0.2) is 22.0 Å². The number of nitrogens with zero attached hydrogens (tertiary/aromatic N) is 2. The number of imidazole rings is 1. The van der Waals surface area contributed by atoms with E-state index in [1.54, 1.807) is 17.6 Å². The van der Waals surface area contributed by atoms with Gasteiger partial charge in [0, 0.05) is 34.5 Å². The molecule has 0 spiro atoms. The first-order chi connectivity index (χ1) is 17.7. The largest absolute Gasteiger partial charge is 0.463 e. The van der Waals surface area contributed by atoms with Crippen molar-refractivity contribution in [2.24, 2.45) is 0 Å². The van der Waals surface area contributed by atoms with Crippen molar-refractivity contribution in [1.82, 2.24) is 19.4 Å². The fraction of sp³-hybridized carbons (Fsp3) is 0.0333. The molecule has 2 aromatic carbocycles. The van der Waals surface area contributed by atoms with Crippen LogP contribution in [0.4, 0.5) is 5.95 Å². The quantitative estimate of drug-likeness (QED) is 0.242. The molecule has 0 saturated carbocycles. The maximum Gasteiger partial charge on any atom is 0.316 e. The minimum Gasteiger partial charge on any atom is -0.463 e. The lowest BCUT2D eigenvalue weighted by Gasteiger charge is -2.26. The van der Waals surface area contributed by atoms with Gasteiger partial charge in [0.05, 0.1) is 35.6 Å². The summed E-state index contributed by atoms with van der Waals surface area (Å²) in [5.41, 5.74) is 6.62. The zero-order chi connectivity index (χ0) is 24.1. The van der Waals surface area contributed by atoms with Crippen molar-refractivity contribution >= 4 is 33.8 Å². The third kappa shape index (κ3) is 3.23. The summed E-state index contributed by atoms with van der Waals surface area (Å²) in [4.78, 5) is 13.0. The van der Waals surface area contributed by atoms with Crippen LogP contribution in [0.1, 0.15) is 5.56 Å². The molecule has 5 heterocycles. The number of fused-ring (bicyclic) bond motifs is 1. The molecule has 174 valence electrons. The molecule has 0 radical (unpaired) electrons. The number of quaternary nitrogens is 1. The number of hydrogen-bond donors (Lipinski definition) is 2. The van der Waals surface area contributed by atoms with E-state index in [4.69, 9.17) is 9.40 Å². The lowest BCUT2D eigenvalue weighted by atomic mass is 10.0. The SMILES string of the molecule is C[N+]1(c2ncc(-c3ccc4ccccc4c3)[nH]2)C=CC=C1c1c(-c2ccc[nH]2)csc1-c1ccco1. The van der Waals surface area contributed by atoms with Gasteiger partial charge in [-0.2, -0.15) is 4.98 Å². The van der Waals surface area contributed by atoms with Gasteiger partial charge in [-0.1, -0.05) is 36.4 Å². The maximum absolute atomic E-state index is 5.84. The lowest BCUT2D eigenvalue weighted by molar-refractivity contribution is 0.581. The van der Waals surface area contributed by atoms with E-state index in [0.717, 1.165) is 50.4 Å². The fourth-order valence-corrected chi connectivity index (χ4v) is 6.03. The Morgan fingerprint density at radius 1 is 0.944 bits per heavy atom. The topological polar surface area (TPSA) is 57.6 Å². The summed E-state index contributed by atoms with van der Waals surface area (Å²) in [7, 11) is 2.17. The van der Waals surface area contributed by atoms with E-state index >= 15 is 0 Å². The Morgan fingerprint density at radius 3 is 2.69 bits per heavy atom. The van der Waals surface area contributed by atoms with E-state index < -0.39 is 0 Å². The average Bonchev–Trinajstić information content (AvgIpc) is 3.73. The van der Waals surface area contributed by atoms with Gasteiger partial charge in [-0.3, -0.25) is 4.98 Å². The second-order valence-electron chi connectivity index (χ2n) is 9.07. The van der Waals surface area contributed by atoms with Gasteiger partial charge >= 0.3 is 5.95 Å². The average molecular weight is 488 g/mol. The summed E-state index contributed by atoms with van der Waals surface area (Å²) in [5.74, 6) is 1.72. The van der Waals surface area contributed by atoms with Gasteiger partial charge in [0.2, 0.25) is 0 Å². The standard InChI is InChI=1S/C30H23N4OS/c1-34(30-32-18-25(33-30)22-13-12-20-7-2-3-8-21(20)17-22)15-5-10-26(34)28-23(24-9-4-14-31-24)19-36-29(28)27-11-6-16-35-27/h2-19,31H,1H3,(H,32,33)/q+1. The van der Waals surface area contributed by atoms with Crippen LogP contribution in [0, 0.1) is 0 Å². The summed E-state index contributed by atoms with van der Waals surface area (Å²) in [6.45, 7) is 0. The van der Waals surface area contributed by atoms with Crippen LogP contribution in [0.15, 0.2) is 114 Å². The maximum atomic E-state index is 5.84. The first-order valence-electron chi connectivity index (χ1n) is 11.8. The first-order valence-corrected chi connectivity index (χ1v) is 12.7. The minimum atomic E-state index is 0.422. The van der Waals surface area contributed by atoms with Crippen molar-refractivity contribution in [2.45, 2.75) is 0 Å². The number of allylic oxidation sites excluding steroid dienone is 2. The fourth-order valence-electron chi connectivity index (χ4n) is 4.99. The highest BCUT2D eigenvalue weighted by molar-refractivity contribution is 7.14. The van der Waals surface area contributed by atoms with Crippen LogP contribution in [0.2, 0.25) is 0 Å². The summed E-state index contributed by atoms with van der Waals surface area (Å²) in [5, 5.41) is 4.64. The third-order valence-electron chi connectivity index (χ3n) is 6.88. The van der Waals surface area contributed by atoms with Crippen molar-refractivity contribution in [3.05, 3.63) is 115 Å². The number of rotatable bonds is 5. The Hall–Kier alpha value is -4.39. The predicted molar refractivity (Wildman–Crippen MR) is 148 cm³/mol. The number of aromatic nitrogens is 3. The number of benzene rings is 2. The molecule has 6 heteroatoms. The lowest BCUT2D eigenvalue weighted by Crippen LogP contribution is -2.36. The third-order valence-corrected chi connectivity index (χ3v) is 7.88. The molecule has 36 heavy (non-hydrogen) atoms. The van der Waals surface area contributed by atoms with Crippen LogP contribution in [-0.2, 0) is 0 Å². The highest BCUT2D eigenvalue weighted by Gasteiger charge is 2.39. The van der Waals surface area contributed by atoms with Crippen molar-refractivity contribution in [3.63, 3.8) is 0 Å². The van der Waals surface area contributed by atoms with Gasteiger partial charge in [0.25, 0.3) is 0 Å². The Bertz CT molecular complexity index is 1700. The van der Waals surface area contributed by atoms with Gasteiger partial charge in [-0.15, -0.1) is 11.3 Å². The number of aromatic amines is 2. The van der Waals surface area contributed by atoms with E-state index in [2.05, 4.69) is 89.3 Å². The number of furan rings is 1. The van der Waals surface area contributed by atoms with Crippen molar-refractivity contribution in [3.8, 4) is 33.2 Å². The highest BCUT2D eigenvalue weighted by Crippen LogP contribution is 2.47. The smallest absolute Gasteiger partial charge is 0.316 e. The number of hydrogen-bond acceptors (Lipinski definition) is 3. The normalized spacial score (nSPS) is 17.2. The molecule has 2 N–H and O–H groups in total. The van der Waals surface area contributed by atoms with Crippen LogP contribution in [0.5, 0.6) is 0 Å². The second-order valence-corrected chi connectivity index (χ2v) is 9.95. The molecule has 4 aromatic heterocycles. The summed E-state index contributed by atoms with van der Waals surface area (Å²) in [6.07, 6.45) is 12.1. The monoisotopic (exact) mass is 487 g/mol. The van der Waals surface area contributed by atoms with Crippen LogP contribution in [0.3, 0.4) is 0 Å². The Morgan fingerprint density at radius 2 is 1.86 bits per heavy atom. The van der Waals surface area contributed by atoms with Gasteiger partial charge in [-0.05, 0) is 47.2 Å². The minimum absolute atomic E-state index is 0.422. The molecule has 5 nitrogen and oxygen atoms in total. The zero-order valence-electron chi connectivity index (χ0n) is 19.6. The van der Waals surface area contributed by atoms with Gasteiger partial charge < -0.3 is 9.40 Å². The second kappa shape index (κ2) is 8.09. The highest BCUT2D eigenvalue weighted by atomic mass is 32.1. The molecule has 7 rings (SSSR count). The molecule has 1 unspecified atom stereocenters.